The van der Waals surface area contributed by atoms with E-state index in [9.17, 15) is 14.7 Å². The highest BCUT2D eigenvalue weighted by Crippen LogP contribution is 2.44. The Balaban J connectivity index is 0.774. The summed E-state index contributed by atoms with van der Waals surface area (Å²) < 4.78 is 0. The number of aromatic nitrogens is 4. The topological polar surface area (TPSA) is 146 Å². The molecule has 54 heavy (non-hydrogen) atoms. The molecule has 3 saturated heterocycles. The van der Waals surface area contributed by atoms with Gasteiger partial charge in [0.1, 0.15) is 0 Å². The molecular weight excluding hydrogens is 681 g/mol. The van der Waals surface area contributed by atoms with Gasteiger partial charge in [0.15, 0.2) is 5.82 Å². The minimum atomic E-state index is -1.06. The zero-order valence-corrected chi connectivity index (χ0v) is 30.2. The lowest BCUT2D eigenvalue weighted by Gasteiger charge is -2.49. The van der Waals surface area contributed by atoms with Crippen LogP contribution in [0.5, 0.6) is 0 Å². The van der Waals surface area contributed by atoms with Crippen LogP contribution in [0.1, 0.15) is 48.2 Å². The third-order valence-electron chi connectivity index (χ3n) is 12.4. The van der Waals surface area contributed by atoms with Gasteiger partial charge in [0, 0.05) is 116 Å². The van der Waals surface area contributed by atoms with E-state index in [1.165, 1.54) is 18.5 Å². The van der Waals surface area contributed by atoms with E-state index in [4.69, 9.17) is 4.98 Å². The van der Waals surface area contributed by atoms with Crippen LogP contribution in [0.25, 0.3) is 33.5 Å². The van der Waals surface area contributed by atoms with Crippen molar-refractivity contribution in [3.05, 3.63) is 84.4 Å². The average molecular weight is 725 g/mol. The van der Waals surface area contributed by atoms with Crippen molar-refractivity contribution in [3.8, 4) is 22.8 Å². The van der Waals surface area contributed by atoms with Crippen LogP contribution in [0, 0.1) is 0 Å². The molecule has 1 spiro atoms. The van der Waals surface area contributed by atoms with Gasteiger partial charge in [-0.1, -0.05) is 25.0 Å². The van der Waals surface area contributed by atoms with Gasteiger partial charge >= 0.3 is 0 Å². The Morgan fingerprint density at radius 1 is 0.852 bits per heavy atom. The van der Waals surface area contributed by atoms with Crippen LogP contribution in [0.4, 0.5) is 17.1 Å². The lowest BCUT2D eigenvalue weighted by Crippen LogP contribution is -2.63. The minimum absolute atomic E-state index is 0.00599. The molecule has 1 aliphatic carbocycles. The normalized spacial score (nSPS) is 21.6. The molecule has 276 valence electrons. The average Bonchev–Trinajstić information content (AvgIpc) is 3.86. The van der Waals surface area contributed by atoms with Gasteiger partial charge in [-0.25, -0.2) is 9.97 Å². The number of benzene rings is 2. The number of piperazine rings is 1. The highest BCUT2D eigenvalue weighted by atomic mass is 16.3. The molecule has 2 amide bonds. The summed E-state index contributed by atoms with van der Waals surface area (Å²) in [4.78, 5) is 51.5. The molecule has 0 bridgehead atoms. The second-order valence-electron chi connectivity index (χ2n) is 15.5. The Bertz CT molecular complexity index is 2240. The van der Waals surface area contributed by atoms with Gasteiger partial charge in [-0.05, 0) is 55.3 Å². The first kappa shape index (κ1) is 33.1. The third kappa shape index (κ3) is 5.64. The third-order valence-corrected chi connectivity index (χ3v) is 12.4. The molecule has 4 N–H and O–H groups in total. The Morgan fingerprint density at radius 3 is 2.46 bits per heavy atom. The van der Waals surface area contributed by atoms with Crippen LogP contribution in [0.2, 0.25) is 0 Å². The summed E-state index contributed by atoms with van der Waals surface area (Å²) in [7, 11) is 0. The summed E-state index contributed by atoms with van der Waals surface area (Å²) in [6, 6.07) is 19.2. The zero-order valence-electron chi connectivity index (χ0n) is 30.2. The molecule has 3 aromatic heterocycles. The van der Waals surface area contributed by atoms with E-state index in [-0.39, 0.29) is 17.2 Å². The number of amides is 2. The van der Waals surface area contributed by atoms with Gasteiger partial charge in [0.05, 0.1) is 28.8 Å². The number of nitrogens with zero attached hydrogens (tertiary/aromatic N) is 7. The van der Waals surface area contributed by atoms with E-state index in [2.05, 4.69) is 82.7 Å². The molecule has 13 heteroatoms. The van der Waals surface area contributed by atoms with E-state index < -0.39 is 6.35 Å². The van der Waals surface area contributed by atoms with Gasteiger partial charge in [-0.15, -0.1) is 0 Å². The second-order valence-corrected chi connectivity index (χ2v) is 15.5. The van der Waals surface area contributed by atoms with Crippen molar-refractivity contribution >= 4 is 39.6 Å². The Hall–Kier alpha value is -5.53. The lowest BCUT2D eigenvalue weighted by molar-refractivity contribution is -0.125. The number of fused-ring (bicyclic) bond motifs is 3. The van der Waals surface area contributed by atoms with Gasteiger partial charge in [-0.2, -0.15) is 0 Å². The largest absolute Gasteiger partial charge is 0.369 e. The standard InChI is InChI=1S/C41H44N10O3/c52-36-11-15-51(40(54)47-36)35-22-42-21-31-29(35)4-3-5-34(31)50-23-28(24-50)49-18-16-48(17-19-49)27-8-6-26(7-9-27)38-43-14-10-32(46-38)33-20-30-37(45-33)41(12-1-2-13-41)25-44-39(30)53/h3-10,14,20-22,28,40,45,54H,1-2,11-13,15-19,23-25H2,(H,44,53)(H,47,52). The number of aliphatic hydroxyl groups excluding tert-OH is 1. The summed E-state index contributed by atoms with van der Waals surface area (Å²) in [6.45, 7) is 7.00. The molecule has 2 aromatic carbocycles. The molecule has 1 saturated carbocycles. The smallest absolute Gasteiger partial charge is 0.253 e. The first-order valence-electron chi connectivity index (χ1n) is 19.2. The number of aliphatic hydroxyl groups is 1. The Labute approximate surface area is 313 Å². The first-order chi connectivity index (χ1) is 26.4. The predicted octanol–water partition coefficient (Wildman–Crippen LogP) is 3.86. The minimum Gasteiger partial charge on any atom is -0.369 e. The van der Waals surface area contributed by atoms with Gasteiger partial charge in [0.2, 0.25) is 12.3 Å². The monoisotopic (exact) mass is 724 g/mol. The van der Waals surface area contributed by atoms with Crippen LogP contribution in [0.15, 0.2) is 73.2 Å². The van der Waals surface area contributed by atoms with Crippen LogP contribution >= 0.6 is 0 Å². The van der Waals surface area contributed by atoms with Crippen LogP contribution in [0.3, 0.4) is 0 Å². The van der Waals surface area contributed by atoms with E-state index in [1.54, 1.807) is 17.3 Å². The molecule has 7 heterocycles. The number of pyridine rings is 1. The van der Waals surface area contributed by atoms with E-state index in [1.807, 2.05) is 18.3 Å². The van der Waals surface area contributed by atoms with Crippen molar-refractivity contribution in [2.75, 3.05) is 67.1 Å². The highest BCUT2D eigenvalue weighted by molar-refractivity contribution is 6.02. The van der Waals surface area contributed by atoms with Crippen LogP contribution in [-0.2, 0) is 10.2 Å². The number of hydrogen-bond acceptors (Lipinski definition) is 10. The summed E-state index contributed by atoms with van der Waals surface area (Å²) in [5.41, 5.74) is 7.64. The van der Waals surface area contributed by atoms with Crippen LogP contribution < -0.4 is 25.3 Å². The van der Waals surface area contributed by atoms with Crippen molar-refractivity contribution < 1.29 is 14.7 Å². The zero-order chi connectivity index (χ0) is 36.4. The molecule has 1 unspecified atom stereocenters. The molecule has 1 atom stereocenters. The predicted molar refractivity (Wildman–Crippen MR) is 207 cm³/mol. The van der Waals surface area contributed by atoms with Gasteiger partial charge in [0.25, 0.3) is 5.91 Å². The van der Waals surface area contributed by atoms with Crippen LogP contribution in [-0.4, -0.2) is 107 Å². The van der Waals surface area contributed by atoms with E-state index in [0.29, 0.717) is 31.4 Å². The second kappa shape index (κ2) is 13.1. The number of anilines is 3. The maximum absolute atomic E-state index is 12.8. The fourth-order valence-electron chi connectivity index (χ4n) is 9.36. The van der Waals surface area contributed by atoms with Crippen molar-refractivity contribution in [2.45, 2.75) is 49.9 Å². The molecule has 10 rings (SSSR count). The summed E-state index contributed by atoms with van der Waals surface area (Å²) in [5, 5.41) is 18.4. The number of H-pyrrole nitrogens is 1. The highest BCUT2D eigenvalue weighted by Gasteiger charge is 2.43. The number of carbonyl (C=O) groups excluding carboxylic acids is 2. The van der Waals surface area contributed by atoms with E-state index in [0.717, 1.165) is 102 Å². The van der Waals surface area contributed by atoms with Gasteiger partial charge in [-0.3, -0.25) is 19.5 Å². The fourth-order valence-corrected chi connectivity index (χ4v) is 9.36. The lowest BCUT2D eigenvalue weighted by atomic mass is 9.78. The molecule has 0 radical (unpaired) electrons. The Morgan fingerprint density at radius 2 is 1.67 bits per heavy atom. The summed E-state index contributed by atoms with van der Waals surface area (Å²) in [6.07, 6.45) is 9.33. The number of aromatic amines is 1. The van der Waals surface area contributed by atoms with Crippen molar-refractivity contribution in [1.82, 2.24) is 35.5 Å². The molecule has 4 aliphatic heterocycles. The quantitative estimate of drug-likeness (QED) is 0.204. The summed E-state index contributed by atoms with van der Waals surface area (Å²) >= 11 is 0. The molecule has 4 fully saturated rings. The van der Waals surface area contributed by atoms with E-state index >= 15 is 0 Å². The molecule has 5 aromatic rings. The number of carbonyl (C=O) groups is 2. The first-order valence-corrected chi connectivity index (χ1v) is 19.2. The van der Waals surface area contributed by atoms with Gasteiger partial charge < -0.3 is 35.4 Å². The molecule has 13 nitrogen and oxygen atoms in total. The SMILES string of the molecule is O=C1CCN(c2cncc3c(N4CC(N5CCN(c6ccc(-c7nccc(-c8cc9c([nH]8)C8(CCCC8)CNC9=O)n7)cc6)CC5)C4)cccc23)C(O)N1. The fraction of sp³-hybridized carbons (Fsp3) is 0.390. The summed E-state index contributed by atoms with van der Waals surface area (Å²) in [5.74, 6) is 0.516. The molecular formula is C41H44N10O3. The number of rotatable bonds is 6. The Kier molecular flexibility index (Phi) is 8.02. The van der Waals surface area contributed by atoms with Crippen molar-refractivity contribution in [2.24, 2.45) is 0 Å². The maximum atomic E-state index is 12.8. The molecule has 5 aliphatic rings. The van der Waals surface area contributed by atoms with Crippen molar-refractivity contribution in [1.29, 1.82) is 0 Å². The number of nitrogens with one attached hydrogen (secondary N) is 3. The number of hydrogen-bond donors (Lipinski definition) is 4. The van der Waals surface area contributed by atoms with Crippen molar-refractivity contribution in [3.63, 3.8) is 0 Å². The maximum Gasteiger partial charge on any atom is 0.253 e.